The number of nitrogens with one attached hydrogen (secondary N) is 1. The van der Waals surface area contributed by atoms with Crippen molar-refractivity contribution in [1.29, 1.82) is 0 Å². The van der Waals surface area contributed by atoms with E-state index in [1.165, 1.54) is 0 Å². The fourth-order valence-electron chi connectivity index (χ4n) is 1.73. The van der Waals surface area contributed by atoms with E-state index in [0.29, 0.717) is 25.7 Å². The molecule has 0 fully saturated rings. The summed E-state index contributed by atoms with van der Waals surface area (Å²) in [5.41, 5.74) is 1.34. The van der Waals surface area contributed by atoms with Crippen LogP contribution >= 0.6 is 11.6 Å². The Labute approximate surface area is 133 Å². The zero-order chi connectivity index (χ0) is 15.9. The minimum Gasteiger partial charge on any atom is -0.389 e. The summed E-state index contributed by atoms with van der Waals surface area (Å²) in [6.45, 7) is 11.2. The van der Waals surface area contributed by atoms with Crippen LogP contribution in [-0.4, -0.2) is 30.9 Å². The van der Waals surface area contributed by atoms with Crippen molar-refractivity contribution in [3.05, 3.63) is 34.9 Å². The number of aliphatic hydroxyl groups excluding tert-OH is 1. The Bertz CT molecular complexity index is 400. The highest BCUT2D eigenvalue weighted by molar-refractivity contribution is 6.30. The molecular formula is C17H28ClNO2. The predicted molar refractivity (Wildman–Crippen MR) is 88.6 cm³/mol. The van der Waals surface area contributed by atoms with Gasteiger partial charge >= 0.3 is 0 Å². The molecule has 0 aliphatic heterocycles. The zero-order valence-corrected chi connectivity index (χ0v) is 14.3. The van der Waals surface area contributed by atoms with Gasteiger partial charge in [0.1, 0.15) is 0 Å². The minimum absolute atomic E-state index is 0.281. The highest BCUT2D eigenvalue weighted by Gasteiger charge is 2.19. The van der Waals surface area contributed by atoms with E-state index in [4.69, 9.17) is 16.3 Å². The first-order valence-corrected chi connectivity index (χ1v) is 7.88. The van der Waals surface area contributed by atoms with E-state index in [0.717, 1.165) is 17.1 Å². The predicted octanol–water partition coefficient (Wildman–Crippen LogP) is 3.49. The van der Waals surface area contributed by atoms with E-state index in [9.17, 15) is 5.11 Å². The summed E-state index contributed by atoms with van der Waals surface area (Å²) in [6, 6.07) is 7.54. The maximum atomic E-state index is 9.88. The fraction of sp³-hybridized carbons (Fsp3) is 0.647. The molecule has 4 heteroatoms. The van der Waals surface area contributed by atoms with Gasteiger partial charge < -0.3 is 15.2 Å². The molecule has 1 aromatic rings. The minimum atomic E-state index is -0.482. The van der Waals surface area contributed by atoms with Crippen LogP contribution in [0.25, 0.3) is 0 Å². The largest absolute Gasteiger partial charge is 0.389 e. The van der Waals surface area contributed by atoms with Crippen LogP contribution in [0.1, 0.15) is 33.3 Å². The summed E-state index contributed by atoms with van der Waals surface area (Å²) < 4.78 is 5.51. The molecule has 3 nitrogen and oxygen atoms in total. The van der Waals surface area contributed by atoms with Gasteiger partial charge in [-0.1, -0.05) is 51.4 Å². The van der Waals surface area contributed by atoms with Gasteiger partial charge in [0.15, 0.2) is 0 Å². The molecule has 0 radical (unpaired) electrons. The summed E-state index contributed by atoms with van der Waals surface area (Å²) in [6.07, 6.45) is -0.482. The molecule has 0 spiro atoms. The third-order valence-electron chi connectivity index (χ3n) is 3.80. The monoisotopic (exact) mass is 313 g/mol. The molecule has 0 aliphatic rings. The molecule has 1 aromatic carbocycles. The number of rotatable bonds is 8. The van der Waals surface area contributed by atoms with Crippen LogP contribution in [0.2, 0.25) is 5.02 Å². The number of ether oxygens (including phenoxy) is 1. The number of aliphatic hydroxyl groups is 1. The Morgan fingerprint density at radius 1 is 1.19 bits per heavy atom. The molecule has 2 atom stereocenters. The van der Waals surface area contributed by atoms with Gasteiger partial charge in [0.05, 0.1) is 19.3 Å². The van der Waals surface area contributed by atoms with Crippen molar-refractivity contribution in [2.45, 2.75) is 40.4 Å². The van der Waals surface area contributed by atoms with Crippen molar-refractivity contribution in [2.24, 2.45) is 11.3 Å². The second-order valence-corrected chi connectivity index (χ2v) is 7.16. The topological polar surface area (TPSA) is 41.5 Å². The molecular weight excluding hydrogens is 286 g/mol. The second kappa shape index (κ2) is 8.74. The SMILES string of the molecule is CC(CNCC(O)COCc1ccc(Cl)cc1)C(C)(C)C. The Balaban J connectivity index is 2.14. The van der Waals surface area contributed by atoms with Crippen molar-refractivity contribution < 1.29 is 9.84 Å². The van der Waals surface area contributed by atoms with Crippen LogP contribution in [0.15, 0.2) is 24.3 Å². The average Bonchev–Trinajstić information content (AvgIpc) is 2.40. The molecule has 0 bridgehead atoms. The van der Waals surface area contributed by atoms with E-state index in [1.54, 1.807) is 0 Å². The first kappa shape index (κ1) is 18.4. The van der Waals surface area contributed by atoms with Crippen LogP contribution in [0.4, 0.5) is 0 Å². The molecule has 0 amide bonds. The molecule has 2 N–H and O–H groups in total. The lowest BCUT2D eigenvalue weighted by molar-refractivity contribution is 0.0280. The van der Waals surface area contributed by atoms with E-state index in [2.05, 4.69) is 33.0 Å². The second-order valence-electron chi connectivity index (χ2n) is 6.72. The molecule has 0 heterocycles. The van der Waals surface area contributed by atoms with Crippen LogP contribution in [0, 0.1) is 11.3 Å². The van der Waals surface area contributed by atoms with Gasteiger partial charge in [0, 0.05) is 11.6 Å². The summed E-state index contributed by atoms with van der Waals surface area (Å²) in [5.74, 6) is 0.555. The Morgan fingerprint density at radius 2 is 1.81 bits per heavy atom. The van der Waals surface area contributed by atoms with E-state index in [-0.39, 0.29) is 5.41 Å². The lowest BCUT2D eigenvalue weighted by atomic mass is 9.82. The lowest BCUT2D eigenvalue weighted by Crippen LogP contribution is -2.36. The average molecular weight is 314 g/mol. The van der Waals surface area contributed by atoms with Gasteiger partial charge in [-0.05, 0) is 35.6 Å². The fourth-order valence-corrected chi connectivity index (χ4v) is 1.85. The van der Waals surface area contributed by atoms with Crippen molar-refractivity contribution in [2.75, 3.05) is 19.7 Å². The van der Waals surface area contributed by atoms with Crippen LogP contribution < -0.4 is 5.32 Å². The quantitative estimate of drug-likeness (QED) is 0.772. The maximum Gasteiger partial charge on any atom is 0.0897 e. The molecule has 0 aromatic heterocycles. The third kappa shape index (κ3) is 7.82. The Kier molecular flexibility index (Phi) is 7.67. The van der Waals surface area contributed by atoms with Crippen molar-refractivity contribution in [3.8, 4) is 0 Å². The molecule has 120 valence electrons. The Morgan fingerprint density at radius 3 is 2.38 bits per heavy atom. The highest BCUT2D eigenvalue weighted by atomic mass is 35.5. The third-order valence-corrected chi connectivity index (χ3v) is 4.05. The first-order chi connectivity index (χ1) is 9.79. The first-order valence-electron chi connectivity index (χ1n) is 7.50. The van der Waals surface area contributed by atoms with Crippen LogP contribution in [-0.2, 0) is 11.3 Å². The van der Waals surface area contributed by atoms with Crippen LogP contribution in [0.5, 0.6) is 0 Å². The normalized spacial score (nSPS) is 15.0. The van der Waals surface area contributed by atoms with Gasteiger partial charge in [0.25, 0.3) is 0 Å². The van der Waals surface area contributed by atoms with E-state index in [1.807, 2.05) is 24.3 Å². The number of hydrogen-bond acceptors (Lipinski definition) is 3. The molecule has 0 saturated carbocycles. The molecule has 21 heavy (non-hydrogen) atoms. The van der Waals surface area contributed by atoms with Crippen molar-refractivity contribution >= 4 is 11.6 Å². The number of hydrogen-bond donors (Lipinski definition) is 2. The maximum absolute atomic E-state index is 9.88. The van der Waals surface area contributed by atoms with Crippen LogP contribution in [0.3, 0.4) is 0 Å². The van der Waals surface area contributed by atoms with E-state index < -0.39 is 6.10 Å². The van der Waals surface area contributed by atoms with Gasteiger partial charge in [-0.25, -0.2) is 0 Å². The lowest BCUT2D eigenvalue weighted by Gasteiger charge is -2.27. The number of halogens is 1. The summed E-state index contributed by atoms with van der Waals surface area (Å²) in [4.78, 5) is 0. The van der Waals surface area contributed by atoms with Gasteiger partial charge in [-0.2, -0.15) is 0 Å². The highest BCUT2D eigenvalue weighted by Crippen LogP contribution is 2.24. The Hall–Kier alpha value is -0.610. The number of benzene rings is 1. The molecule has 0 aliphatic carbocycles. The van der Waals surface area contributed by atoms with Crippen molar-refractivity contribution in [3.63, 3.8) is 0 Å². The zero-order valence-electron chi connectivity index (χ0n) is 13.5. The standard InChI is InChI=1S/C17H28ClNO2/c1-13(17(2,3)4)9-19-10-16(20)12-21-11-14-5-7-15(18)8-6-14/h5-8,13,16,19-20H,9-12H2,1-4H3. The molecule has 1 rings (SSSR count). The summed E-state index contributed by atoms with van der Waals surface area (Å²) >= 11 is 5.82. The molecule has 0 saturated heterocycles. The van der Waals surface area contributed by atoms with Gasteiger partial charge in [0.2, 0.25) is 0 Å². The summed E-state index contributed by atoms with van der Waals surface area (Å²) in [7, 11) is 0. The van der Waals surface area contributed by atoms with Gasteiger partial charge in [-0.15, -0.1) is 0 Å². The van der Waals surface area contributed by atoms with Crippen molar-refractivity contribution in [1.82, 2.24) is 5.32 Å². The smallest absolute Gasteiger partial charge is 0.0897 e. The van der Waals surface area contributed by atoms with E-state index >= 15 is 0 Å². The molecule has 2 unspecified atom stereocenters. The summed E-state index contributed by atoms with van der Waals surface area (Å²) in [5, 5.41) is 13.9. The van der Waals surface area contributed by atoms with Gasteiger partial charge in [-0.3, -0.25) is 0 Å².